The summed E-state index contributed by atoms with van der Waals surface area (Å²) in [6.45, 7) is 4.24. The Morgan fingerprint density at radius 2 is 1.83 bits per heavy atom. The summed E-state index contributed by atoms with van der Waals surface area (Å²) in [5.41, 5.74) is 3.73. The van der Waals surface area contributed by atoms with E-state index in [9.17, 15) is 0 Å². The topological polar surface area (TPSA) is 43.6 Å². The fourth-order valence-corrected chi connectivity index (χ4v) is 2.13. The van der Waals surface area contributed by atoms with E-state index in [-0.39, 0.29) is 46.5 Å². The third-order valence-electron chi connectivity index (χ3n) is 3.50. The maximum atomic E-state index is 3.98. The van der Waals surface area contributed by atoms with Crippen LogP contribution in [-0.2, 0) is 21.7 Å². The summed E-state index contributed by atoms with van der Waals surface area (Å²) >= 11 is 0. The van der Waals surface area contributed by atoms with Crippen molar-refractivity contribution in [3.05, 3.63) is 72.1 Å². The number of benzene rings is 1. The van der Waals surface area contributed by atoms with E-state index in [4.69, 9.17) is 0 Å². The minimum Gasteiger partial charge on any atom is -1.00 e. The molecule has 0 spiro atoms. The van der Waals surface area contributed by atoms with Gasteiger partial charge in [-0.15, -0.1) is 51.3 Å². The van der Waals surface area contributed by atoms with Gasteiger partial charge in [-0.05, 0) is 10.9 Å². The third kappa shape index (κ3) is 5.28. The van der Waals surface area contributed by atoms with E-state index < -0.39 is 0 Å². The van der Waals surface area contributed by atoms with Crippen molar-refractivity contribution in [2.45, 2.75) is 13.8 Å². The Bertz CT molecular complexity index is 788. The fourth-order valence-electron chi connectivity index (χ4n) is 2.13. The van der Waals surface area contributed by atoms with E-state index in [0.29, 0.717) is 0 Å². The van der Waals surface area contributed by atoms with Crippen LogP contribution in [0, 0.1) is 13.8 Å². The number of aryl methyl sites for hydroxylation is 2. The average molecular weight is 395 g/mol. The first-order valence-corrected chi connectivity index (χ1v) is 6.82. The van der Waals surface area contributed by atoms with E-state index in [1.807, 2.05) is 24.3 Å². The molecule has 0 saturated heterocycles. The molecule has 0 fully saturated rings. The van der Waals surface area contributed by atoms with E-state index in [1.165, 1.54) is 33.0 Å². The molecule has 0 aliphatic carbocycles. The van der Waals surface area contributed by atoms with Gasteiger partial charge in [-0.1, -0.05) is 19.9 Å². The van der Waals surface area contributed by atoms with Crippen LogP contribution in [0.5, 0.6) is 0 Å². The molecule has 24 heavy (non-hydrogen) atoms. The molecule has 0 amide bonds. The molecule has 1 heterocycles. The second-order valence-electron chi connectivity index (χ2n) is 4.96. The number of hydrogen-bond donors (Lipinski definition) is 0. The Morgan fingerprint density at radius 3 is 2.33 bits per heavy atom. The molecule has 0 atom stereocenters. The zero-order valence-corrected chi connectivity index (χ0v) is 16.4. The van der Waals surface area contributed by atoms with Crippen LogP contribution in [0.3, 0.4) is 0 Å². The van der Waals surface area contributed by atoms with Gasteiger partial charge in [-0.3, -0.25) is 0 Å². The molecule has 7 heteroatoms. The van der Waals surface area contributed by atoms with Crippen LogP contribution in [0.2, 0.25) is 0 Å². The van der Waals surface area contributed by atoms with Crippen molar-refractivity contribution in [2.24, 2.45) is 0 Å². The van der Waals surface area contributed by atoms with Gasteiger partial charge in [0, 0.05) is 0 Å². The number of hydrogen-bond acceptors (Lipinski definition) is 3. The quantitative estimate of drug-likeness (QED) is 0.266. The standard InChI is InChI=1S/C10H7N4.C7H9.2ClH.Ti/c1-2-4-9-6-10(5-8(9)3-1)14-12-7-11-13-14;1-6-4-3-5-7(6)2;;;/h1-7H;3-5H,1-2H3;2*1H;/q2*-1;;;+4/p-2. The Labute approximate surface area is 168 Å². The zero-order valence-electron chi connectivity index (χ0n) is 13.3. The van der Waals surface area contributed by atoms with E-state index in [1.54, 1.807) is 0 Å². The van der Waals surface area contributed by atoms with Gasteiger partial charge in [-0.2, -0.15) is 22.0 Å². The van der Waals surface area contributed by atoms with Crippen molar-refractivity contribution >= 4 is 10.8 Å². The smallest absolute Gasteiger partial charge is 1.00 e. The molecule has 4 nitrogen and oxygen atoms in total. The predicted molar refractivity (Wildman–Crippen MR) is 83.8 cm³/mol. The fraction of sp³-hybridized carbons (Fsp3) is 0.118. The predicted octanol–water partition coefficient (Wildman–Crippen LogP) is -2.44. The van der Waals surface area contributed by atoms with Gasteiger partial charge in [0.1, 0.15) is 0 Å². The first-order valence-electron chi connectivity index (χ1n) is 6.82. The number of fused-ring (bicyclic) bond motifs is 1. The van der Waals surface area contributed by atoms with Crippen molar-refractivity contribution in [1.29, 1.82) is 0 Å². The van der Waals surface area contributed by atoms with Crippen LogP contribution < -0.4 is 24.8 Å². The summed E-state index contributed by atoms with van der Waals surface area (Å²) in [5, 5.41) is 13.9. The van der Waals surface area contributed by atoms with Crippen molar-refractivity contribution < 1.29 is 46.5 Å². The molecular weight excluding hydrogens is 379 g/mol. The summed E-state index contributed by atoms with van der Waals surface area (Å²) < 4.78 is 0. The summed E-state index contributed by atoms with van der Waals surface area (Å²) in [6.07, 6.45) is 1.43. The second kappa shape index (κ2) is 10.4. The first-order chi connectivity index (χ1) is 10.2. The van der Waals surface area contributed by atoms with E-state index >= 15 is 0 Å². The van der Waals surface area contributed by atoms with Crippen molar-refractivity contribution in [2.75, 3.05) is 0 Å². The Hall–Kier alpha value is -1.46. The minimum absolute atomic E-state index is 0. The Balaban J connectivity index is 0.000000463. The molecule has 0 aliphatic heterocycles. The first kappa shape index (κ1) is 22.5. The molecule has 3 aromatic carbocycles. The van der Waals surface area contributed by atoms with Crippen LogP contribution in [-0.4, -0.2) is 20.2 Å². The van der Waals surface area contributed by atoms with Crippen molar-refractivity contribution in [3.8, 4) is 5.69 Å². The van der Waals surface area contributed by atoms with Gasteiger partial charge in [0.2, 0.25) is 0 Å². The van der Waals surface area contributed by atoms with E-state index in [0.717, 1.165) is 5.69 Å². The molecule has 0 radical (unpaired) electrons. The second-order valence-corrected chi connectivity index (χ2v) is 4.96. The molecule has 4 aromatic rings. The molecule has 0 N–H and O–H groups in total. The van der Waals surface area contributed by atoms with Gasteiger partial charge < -0.3 is 24.8 Å². The molecule has 0 bridgehead atoms. The van der Waals surface area contributed by atoms with Gasteiger partial charge >= 0.3 is 21.7 Å². The number of nitrogens with zero attached hydrogens (tertiary/aromatic N) is 4. The molecule has 122 valence electrons. The molecule has 0 unspecified atom stereocenters. The van der Waals surface area contributed by atoms with Gasteiger partial charge in [0.15, 0.2) is 6.33 Å². The summed E-state index contributed by atoms with van der Waals surface area (Å²) in [6, 6.07) is 18.6. The Kier molecular flexibility index (Phi) is 9.79. The minimum atomic E-state index is 0. The largest absolute Gasteiger partial charge is 4.00 e. The number of rotatable bonds is 1. The maximum absolute atomic E-state index is 3.98. The van der Waals surface area contributed by atoms with Gasteiger partial charge in [0.25, 0.3) is 0 Å². The monoisotopic (exact) mass is 394 g/mol. The normalized spacial score (nSPS) is 9.08. The van der Waals surface area contributed by atoms with Gasteiger partial charge in [-0.25, -0.2) is 12.1 Å². The summed E-state index contributed by atoms with van der Waals surface area (Å²) in [5.74, 6) is 0. The van der Waals surface area contributed by atoms with Gasteiger partial charge in [0.05, 0.1) is 0 Å². The molecule has 0 aliphatic rings. The van der Waals surface area contributed by atoms with Crippen molar-refractivity contribution in [3.63, 3.8) is 0 Å². The number of aromatic nitrogens is 4. The summed E-state index contributed by atoms with van der Waals surface area (Å²) in [4.78, 5) is 1.51. The maximum Gasteiger partial charge on any atom is 4.00 e. The van der Waals surface area contributed by atoms with Crippen molar-refractivity contribution in [1.82, 2.24) is 20.2 Å². The van der Waals surface area contributed by atoms with E-state index in [2.05, 4.69) is 59.6 Å². The van der Waals surface area contributed by atoms with Crippen LogP contribution in [0.25, 0.3) is 16.5 Å². The average Bonchev–Trinajstić information content (AvgIpc) is 3.21. The molecule has 1 aromatic heterocycles. The van der Waals surface area contributed by atoms with Crippen LogP contribution in [0.1, 0.15) is 11.1 Å². The summed E-state index contributed by atoms with van der Waals surface area (Å²) in [7, 11) is 0. The zero-order chi connectivity index (χ0) is 14.7. The molecule has 0 saturated carbocycles. The van der Waals surface area contributed by atoms with Crippen LogP contribution in [0.4, 0.5) is 0 Å². The van der Waals surface area contributed by atoms with Crippen LogP contribution in [0.15, 0.2) is 60.9 Å². The Morgan fingerprint density at radius 1 is 1.08 bits per heavy atom. The van der Waals surface area contributed by atoms with Crippen LogP contribution >= 0.6 is 0 Å². The third-order valence-corrected chi connectivity index (χ3v) is 3.50. The SMILES string of the molecule is Cc1ccc[c-]1C.[Cl-].[Cl-].[Ti+4].c1ccc2[cH-]c(-n3ncnn3)cc2c1. The molecule has 4 rings (SSSR count). The molecular formula is C17H16Cl2N4Ti. The number of halogens is 2. The number of tetrazole rings is 1.